The van der Waals surface area contributed by atoms with Gasteiger partial charge in [-0.25, -0.2) is 0 Å². The number of fused-ring (bicyclic) bond motifs is 9. The maximum Gasteiger partial charge on any atom is 0.0448 e. The second kappa shape index (κ2) is 10.9. The number of hydrogen-bond acceptors (Lipinski definition) is 2. The molecule has 0 fully saturated rings. The van der Waals surface area contributed by atoms with Gasteiger partial charge in [-0.1, -0.05) is 140 Å². The maximum absolute atomic E-state index is 2.46. The fourth-order valence-electron chi connectivity index (χ4n) is 8.18. The quantitative estimate of drug-likeness (QED) is 0.164. The normalized spacial score (nSPS) is 12.0. The highest BCUT2D eigenvalue weighted by Crippen LogP contribution is 2.53. The molecule has 0 nitrogen and oxygen atoms in total. The third-order valence-corrected chi connectivity index (χ3v) is 12.8. The summed E-state index contributed by atoms with van der Waals surface area (Å²) in [5, 5.41) is 13.0. The molecule has 50 heavy (non-hydrogen) atoms. The number of rotatable bonds is 3. The monoisotopic (exact) mass is 668 g/mol. The molecular formula is C48H28S2. The average Bonchev–Trinajstić information content (AvgIpc) is 3.74. The highest BCUT2D eigenvalue weighted by molar-refractivity contribution is 7.29. The first-order chi connectivity index (χ1) is 24.8. The van der Waals surface area contributed by atoms with Crippen LogP contribution < -0.4 is 0 Å². The summed E-state index contributed by atoms with van der Waals surface area (Å²) in [6.07, 6.45) is 0. The Bertz CT molecular complexity index is 3000. The summed E-state index contributed by atoms with van der Waals surface area (Å²) >= 11 is 3.87. The van der Waals surface area contributed by atoms with E-state index in [1.54, 1.807) is 0 Å². The Hall–Kier alpha value is -5.80. The second-order valence-corrected chi connectivity index (χ2v) is 15.3. The lowest BCUT2D eigenvalue weighted by Crippen LogP contribution is -1.91. The summed E-state index contributed by atoms with van der Waals surface area (Å²) in [5.41, 5.74) is 7.73. The van der Waals surface area contributed by atoms with Gasteiger partial charge in [0.05, 0.1) is 0 Å². The molecule has 0 atom stereocenters. The molecule has 11 aromatic rings. The van der Waals surface area contributed by atoms with Gasteiger partial charge < -0.3 is 0 Å². The van der Waals surface area contributed by atoms with Gasteiger partial charge in [0.15, 0.2) is 0 Å². The summed E-state index contributed by atoms with van der Waals surface area (Å²) in [6, 6.07) is 63.0. The van der Waals surface area contributed by atoms with Crippen LogP contribution in [-0.4, -0.2) is 0 Å². The van der Waals surface area contributed by atoms with E-state index in [1.165, 1.54) is 106 Å². The minimum Gasteiger partial charge on any atom is -0.134 e. The molecule has 0 N–H and O–H groups in total. The largest absolute Gasteiger partial charge is 0.134 e. The van der Waals surface area contributed by atoms with Crippen LogP contribution in [0.25, 0.3) is 106 Å². The molecule has 0 unspecified atom stereocenters. The molecule has 0 radical (unpaired) electrons. The Labute approximate surface area is 297 Å². The molecule has 0 aliphatic heterocycles. The van der Waals surface area contributed by atoms with Gasteiger partial charge in [-0.3, -0.25) is 0 Å². The van der Waals surface area contributed by atoms with Crippen molar-refractivity contribution in [3.05, 3.63) is 170 Å². The smallest absolute Gasteiger partial charge is 0.0448 e. The van der Waals surface area contributed by atoms with Crippen molar-refractivity contribution in [3.8, 4) is 33.4 Å². The Kier molecular flexibility index (Phi) is 6.09. The van der Waals surface area contributed by atoms with E-state index in [0.29, 0.717) is 0 Å². The Morgan fingerprint density at radius 1 is 0.260 bits per heavy atom. The minimum absolute atomic E-state index is 1.24. The zero-order chi connectivity index (χ0) is 32.8. The fraction of sp³-hybridized carbons (Fsp3) is 0. The number of hydrogen-bond donors (Lipinski definition) is 0. The lowest BCUT2D eigenvalue weighted by Gasteiger charge is -2.19. The van der Waals surface area contributed by atoms with E-state index >= 15 is 0 Å². The predicted octanol–water partition coefficient (Wildman–Crippen LogP) is 14.9. The first-order valence-electron chi connectivity index (χ1n) is 17.1. The van der Waals surface area contributed by atoms with Gasteiger partial charge in [-0.05, 0) is 84.9 Å². The van der Waals surface area contributed by atoms with Crippen LogP contribution in [0.15, 0.2) is 170 Å². The van der Waals surface area contributed by atoms with E-state index in [2.05, 4.69) is 170 Å². The molecule has 11 rings (SSSR count). The highest BCUT2D eigenvalue weighted by atomic mass is 32.1. The number of benzene rings is 9. The van der Waals surface area contributed by atoms with Crippen LogP contribution in [0.5, 0.6) is 0 Å². The van der Waals surface area contributed by atoms with Gasteiger partial charge in [0.25, 0.3) is 0 Å². The van der Waals surface area contributed by atoms with Crippen molar-refractivity contribution < 1.29 is 0 Å². The van der Waals surface area contributed by atoms with E-state index in [0.717, 1.165) is 0 Å². The SMILES string of the molecule is c1ccc(-c2ccc3cc(-c4c5ccccc5c(-c5c6sc7ccccc7c6cc6c5sc5ccccc56)c5ccccc45)ccc3c2)cc1. The summed E-state index contributed by atoms with van der Waals surface area (Å²) < 4.78 is 5.41. The number of thiophene rings is 2. The molecule has 2 heteroatoms. The van der Waals surface area contributed by atoms with Crippen LogP contribution in [-0.2, 0) is 0 Å². The Morgan fingerprint density at radius 3 is 1.26 bits per heavy atom. The van der Waals surface area contributed by atoms with Gasteiger partial charge in [-0.2, -0.15) is 0 Å². The fourth-order valence-corrected chi connectivity index (χ4v) is 10.7. The Morgan fingerprint density at radius 2 is 0.700 bits per heavy atom. The van der Waals surface area contributed by atoms with Gasteiger partial charge in [0.1, 0.15) is 0 Å². The van der Waals surface area contributed by atoms with Crippen LogP contribution >= 0.6 is 22.7 Å². The van der Waals surface area contributed by atoms with Crippen molar-refractivity contribution in [1.29, 1.82) is 0 Å². The third kappa shape index (κ3) is 4.10. The minimum atomic E-state index is 1.24. The van der Waals surface area contributed by atoms with E-state index in [-0.39, 0.29) is 0 Å². The summed E-state index contributed by atoms with van der Waals surface area (Å²) in [7, 11) is 0. The predicted molar refractivity (Wildman–Crippen MR) is 221 cm³/mol. The van der Waals surface area contributed by atoms with E-state index in [4.69, 9.17) is 0 Å². The van der Waals surface area contributed by atoms with Gasteiger partial charge in [0, 0.05) is 51.5 Å². The molecule has 0 saturated carbocycles. The lowest BCUT2D eigenvalue weighted by molar-refractivity contribution is 1.64. The molecule has 0 aliphatic rings. The highest BCUT2D eigenvalue weighted by Gasteiger charge is 2.23. The molecule has 232 valence electrons. The topological polar surface area (TPSA) is 0 Å². The molecule has 0 aliphatic carbocycles. The lowest BCUT2D eigenvalue weighted by atomic mass is 9.85. The molecule has 0 saturated heterocycles. The van der Waals surface area contributed by atoms with E-state index < -0.39 is 0 Å². The van der Waals surface area contributed by atoms with Crippen molar-refractivity contribution in [2.24, 2.45) is 0 Å². The molecule has 0 amide bonds. The molecule has 2 aromatic heterocycles. The van der Waals surface area contributed by atoms with Crippen molar-refractivity contribution in [2.45, 2.75) is 0 Å². The molecule has 0 spiro atoms. The van der Waals surface area contributed by atoms with Crippen LogP contribution in [0, 0.1) is 0 Å². The molecule has 2 heterocycles. The van der Waals surface area contributed by atoms with Crippen LogP contribution in [0.4, 0.5) is 0 Å². The van der Waals surface area contributed by atoms with Crippen LogP contribution in [0.3, 0.4) is 0 Å². The summed E-state index contributed by atoms with van der Waals surface area (Å²) in [6.45, 7) is 0. The second-order valence-electron chi connectivity index (χ2n) is 13.2. The van der Waals surface area contributed by atoms with Crippen molar-refractivity contribution in [3.63, 3.8) is 0 Å². The first-order valence-corrected chi connectivity index (χ1v) is 18.7. The van der Waals surface area contributed by atoms with Crippen molar-refractivity contribution in [2.75, 3.05) is 0 Å². The molecule has 9 aromatic carbocycles. The standard InChI is InChI=1S/C48H28S2/c1-2-12-29(13-3-1)30-22-23-32-27-33(25-24-31(32)26-30)44-36-16-4-6-18-38(36)45(39-19-7-5-17-37(39)44)46-47-40(34-14-8-10-20-42(34)49-47)28-41-35-15-9-11-21-43(35)50-48(41)46/h1-28H. The zero-order valence-corrected chi connectivity index (χ0v) is 28.6. The molecular weight excluding hydrogens is 641 g/mol. The van der Waals surface area contributed by atoms with Crippen molar-refractivity contribution >= 4 is 95.3 Å². The van der Waals surface area contributed by atoms with Crippen LogP contribution in [0.2, 0.25) is 0 Å². The Balaban J connectivity index is 1.24. The maximum atomic E-state index is 2.46. The van der Waals surface area contributed by atoms with Crippen LogP contribution in [0.1, 0.15) is 0 Å². The van der Waals surface area contributed by atoms with E-state index in [1.807, 2.05) is 22.7 Å². The zero-order valence-electron chi connectivity index (χ0n) is 27.0. The van der Waals surface area contributed by atoms with Gasteiger partial charge in [0.2, 0.25) is 0 Å². The first kappa shape index (κ1) is 28.1. The average molecular weight is 669 g/mol. The van der Waals surface area contributed by atoms with Gasteiger partial charge >= 0.3 is 0 Å². The molecule has 0 bridgehead atoms. The van der Waals surface area contributed by atoms with Crippen molar-refractivity contribution in [1.82, 2.24) is 0 Å². The summed E-state index contributed by atoms with van der Waals surface area (Å²) in [5.74, 6) is 0. The van der Waals surface area contributed by atoms with E-state index in [9.17, 15) is 0 Å². The third-order valence-electron chi connectivity index (χ3n) is 10.4. The summed E-state index contributed by atoms with van der Waals surface area (Å²) in [4.78, 5) is 0. The van der Waals surface area contributed by atoms with Gasteiger partial charge in [-0.15, -0.1) is 22.7 Å².